The van der Waals surface area contributed by atoms with Crippen molar-refractivity contribution in [1.82, 2.24) is 0 Å². The molecule has 0 aliphatic carbocycles. The Hall–Kier alpha value is -2.76. The van der Waals surface area contributed by atoms with Crippen LogP contribution < -0.4 is 10.2 Å². The number of hydrogen-bond donors (Lipinski definition) is 1. The van der Waals surface area contributed by atoms with Crippen molar-refractivity contribution in [3.05, 3.63) is 59.2 Å². The molecule has 126 valence electrons. The van der Waals surface area contributed by atoms with Gasteiger partial charge in [-0.3, -0.25) is 9.59 Å². The topological polar surface area (TPSA) is 49.4 Å². The first-order valence-electron chi connectivity index (χ1n) is 7.37. The lowest BCUT2D eigenvalue weighted by Crippen LogP contribution is -2.36. The van der Waals surface area contributed by atoms with E-state index in [1.54, 1.807) is 12.1 Å². The lowest BCUT2D eigenvalue weighted by atomic mass is 10.1. The van der Waals surface area contributed by atoms with E-state index < -0.39 is 17.5 Å². The zero-order valence-corrected chi connectivity index (χ0v) is 13.7. The second kappa shape index (κ2) is 7.21. The van der Waals surface area contributed by atoms with Crippen LogP contribution in [0.2, 0.25) is 0 Å². The van der Waals surface area contributed by atoms with Crippen LogP contribution in [0.25, 0.3) is 0 Å². The van der Waals surface area contributed by atoms with Gasteiger partial charge in [-0.05, 0) is 49.2 Å². The smallest absolute Gasteiger partial charge is 0.244 e. The van der Waals surface area contributed by atoms with Crippen molar-refractivity contribution >= 4 is 23.2 Å². The number of anilines is 2. The SMILES string of the molecule is CC(=O)N(CC(=O)Nc1ccc(F)c(F)c1)c1cc(C)cc(C)c1. The molecule has 0 spiro atoms. The number of rotatable bonds is 4. The van der Waals surface area contributed by atoms with Crippen LogP contribution in [0.15, 0.2) is 36.4 Å². The molecule has 2 amide bonds. The molecule has 0 fully saturated rings. The average molecular weight is 332 g/mol. The highest BCUT2D eigenvalue weighted by molar-refractivity contribution is 6.01. The van der Waals surface area contributed by atoms with Gasteiger partial charge in [0.1, 0.15) is 6.54 Å². The van der Waals surface area contributed by atoms with Crippen LogP contribution in [0, 0.1) is 25.5 Å². The third kappa shape index (κ3) is 4.38. The van der Waals surface area contributed by atoms with Gasteiger partial charge in [0, 0.05) is 24.4 Å². The van der Waals surface area contributed by atoms with Gasteiger partial charge in [-0.1, -0.05) is 6.07 Å². The van der Waals surface area contributed by atoms with E-state index in [-0.39, 0.29) is 18.1 Å². The van der Waals surface area contributed by atoms with Gasteiger partial charge in [0.25, 0.3) is 0 Å². The fraction of sp³-hybridized carbons (Fsp3) is 0.222. The minimum Gasteiger partial charge on any atom is -0.324 e. The number of nitrogens with zero attached hydrogens (tertiary/aromatic N) is 1. The molecule has 4 nitrogen and oxygen atoms in total. The molecule has 0 bridgehead atoms. The molecule has 0 atom stereocenters. The van der Waals surface area contributed by atoms with E-state index in [0.29, 0.717) is 5.69 Å². The highest BCUT2D eigenvalue weighted by Gasteiger charge is 2.17. The molecular formula is C18H18F2N2O2. The third-order valence-corrected chi connectivity index (χ3v) is 3.40. The van der Waals surface area contributed by atoms with Crippen molar-refractivity contribution in [2.24, 2.45) is 0 Å². The Morgan fingerprint density at radius 1 is 1.00 bits per heavy atom. The minimum absolute atomic E-state index is 0.128. The number of aryl methyl sites for hydroxylation is 2. The van der Waals surface area contributed by atoms with Crippen LogP contribution in [-0.4, -0.2) is 18.4 Å². The maximum Gasteiger partial charge on any atom is 0.244 e. The number of hydrogen-bond acceptors (Lipinski definition) is 2. The molecule has 0 heterocycles. The summed E-state index contributed by atoms with van der Waals surface area (Å²) in [5.41, 5.74) is 2.68. The predicted octanol–water partition coefficient (Wildman–Crippen LogP) is 3.57. The number of carbonyl (C=O) groups excluding carboxylic acids is 2. The van der Waals surface area contributed by atoms with Gasteiger partial charge in [0.05, 0.1) is 0 Å². The Bertz CT molecular complexity index is 770. The number of amides is 2. The van der Waals surface area contributed by atoms with Gasteiger partial charge in [0.15, 0.2) is 11.6 Å². The zero-order chi connectivity index (χ0) is 17.9. The van der Waals surface area contributed by atoms with Crippen molar-refractivity contribution in [1.29, 1.82) is 0 Å². The first-order chi connectivity index (χ1) is 11.3. The van der Waals surface area contributed by atoms with Crippen LogP contribution in [0.5, 0.6) is 0 Å². The van der Waals surface area contributed by atoms with Gasteiger partial charge >= 0.3 is 0 Å². The van der Waals surface area contributed by atoms with Gasteiger partial charge in [0.2, 0.25) is 11.8 Å². The molecule has 0 aromatic heterocycles. The van der Waals surface area contributed by atoms with E-state index in [4.69, 9.17) is 0 Å². The molecule has 2 rings (SSSR count). The maximum atomic E-state index is 13.2. The molecule has 2 aromatic carbocycles. The van der Waals surface area contributed by atoms with Crippen LogP contribution in [0.1, 0.15) is 18.1 Å². The molecule has 0 radical (unpaired) electrons. The van der Waals surface area contributed by atoms with Gasteiger partial charge in [-0.25, -0.2) is 8.78 Å². The minimum atomic E-state index is -1.05. The zero-order valence-electron chi connectivity index (χ0n) is 13.7. The van der Waals surface area contributed by atoms with E-state index in [1.807, 2.05) is 19.9 Å². The van der Waals surface area contributed by atoms with Gasteiger partial charge in [-0.2, -0.15) is 0 Å². The van der Waals surface area contributed by atoms with Crippen LogP contribution in [-0.2, 0) is 9.59 Å². The summed E-state index contributed by atoms with van der Waals surface area (Å²) in [6.07, 6.45) is 0. The molecule has 0 unspecified atom stereocenters. The van der Waals surface area contributed by atoms with Crippen molar-refractivity contribution in [3.8, 4) is 0 Å². The summed E-state index contributed by atoms with van der Waals surface area (Å²) in [4.78, 5) is 25.4. The molecule has 1 N–H and O–H groups in total. The standard InChI is InChI=1S/C18H18F2N2O2/c1-11-6-12(2)8-15(7-11)22(13(3)23)10-18(24)21-14-4-5-16(19)17(20)9-14/h4-9H,10H2,1-3H3,(H,21,24). The number of carbonyl (C=O) groups is 2. The summed E-state index contributed by atoms with van der Waals surface area (Å²) in [6.45, 7) is 4.94. The summed E-state index contributed by atoms with van der Waals surface area (Å²) < 4.78 is 26.1. The summed E-state index contributed by atoms with van der Waals surface area (Å²) in [5.74, 6) is -2.84. The number of nitrogens with one attached hydrogen (secondary N) is 1. The van der Waals surface area contributed by atoms with E-state index >= 15 is 0 Å². The average Bonchev–Trinajstić information content (AvgIpc) is 2.47. The Morgan fingerprint density at radius 3 is 2.17 bits per heavy atom. The van der Waals surface area contributed by atoms with Gasteiger partial charge < -0.3 is 10.2 Å². The monoisotopic (exact) mass is 332 g/mol. The summed E-state index contributed by atoms with van der Waals surface area (Å²) in [7, 11) is 0. The predicted molar refractivity (Wildman–Crippen MR) is 88.9 cm³/mol. The van der Waals surface area contributed by atoms with Crippen molar-refractivity contribution < 1.29 is 18.4 Å². The Kier molecular flexibility index (Phi) is 5.28. The molecular weight excluding hydrogens is 314 g/mol. The summed E-state index contributed by atoms with van der Waals surface area (Å²) >= 11 is 0. The number of benzene rings is 2. The molecule has 0 saturated heterocycles. The van der Waals surface area contributed by atoms with E-state index in [9.17, 15) is 18.4 Å². The molecule has 0 saturated carbocycles. The van der Waals surface area contributed by atoms with Crippen molar-refractivity contribution in [2.75, 3.05) is 16.8 Å². The Balaban J connectivity index is 2.16. The third-order valence-electron chi connectivity index (χ3n) is 3.40. The molecule has 2 aromatic rings. The molecule has 0 aliphatic rings. The quantitative estimate of drug-likeness (QED) is 0.930. The van der Waals surface area contributed by atoms with Crippen LogP contribution in [0.4, 0.5) is 20.2 Å². The van der Waals surface area contributed by atoms with E-state index in [0.717, 1.165) is 23.3 Å². The maximum absolute atomic E-state index is 13.2. The second-order valence-electron chi connectivity index (χ2n) is 5.63. The highest BCUT2D eigenvalue weighted by atomic mass is 19.2. The highest BCUT2D eigenvalue weighted by Crippen LogP contribution is 2.19. The molecule has 0 aliphatic heterocycles. The lowest BCUT2D eigenvalue weighted by Gasteiger charge is -2.21. The first kappa shape index (κ1) is 17.6. The van der Waals surface area contributed by atoms with Gasteiger partial charge in [-0.15, -0.1) is 0 Å². The normalized spacial score (nSPS) is 10.4. The van der Waals surface area contributed by atoms with E-state index in [2.05, 4.69) is 5.32 Å². The van der Waals surface area contributed by atoms with Crippen molar-refractivity contribution in [2.45, 2.75) is 20.8 Å². The Morgan fingerprint density at radius 2 is 1.62 bits per heavy atom. The largest absolute Gasteiger partial charge is 0.324 e. The van der Waals surface area contributed by atoms with E-state index in [1.165, 1.54) is 17.9 Å². The fourth-order valence-corrected chi connectivity index (χ4v) is 2.41. The fourth-order valence-electron chi connectivity index (χ4n) is 2.41. The summed E-state index contributed by atoms with van der Waals surface area (Å²) in [6, 6.07) is 8.65. The molecule has 24 heavy (non-hydrogen) atoms. The number of halogens is 2. The van der Waals surface area contributed by atoms with Crippen molar-refractivity contribution in [3.63, 3.8) is 0 Å². The van der Waals surface area contributed by atoms with Crippen LogP contribution in [0.3, 0.4) is 0 Å². The summed E-state index contributed by atoms with van der Waals surface area (Å²) in [5, 5.41) is 2.45. The second-order valence-corrected chi connectivity index (χ2v) is 5.63. The Labute approximate surface area is 139 Å². The lowest BCUT2D eigenvalue weighted by molar-refractivity contribution is -0.120. The first-order valence-corrected chi connectivity index (χ1v) is 7.37. The molecule has 6 heteroatoms. The van der Waals surface area contributed by atoms with Crippen LogP contribution >= 0.6 is 0 Å².